The van der Waals surface area contributed by atoms with Crippen LogP contribution in [-0.4, -0.2) is 42.5 Å². The first-order valence-corrected chi connectivity index (χ1v) is 11.1. The van der Waals surface area contributed by atoms with Gasteiger partial charge in [0.25, 0.3) is 0 Å². The molecule has 1 heterocycles. The molecule has 4 atom stereocenters. The van der Waals surface area contributed by atoms with Crippen LogP contribution < -0.4 is 0 Å². The van der Waals surface area contributed by atoms with Crippen LogP contribution in [-0.2, 0) is 18.3 Å². The van der Waals surface area contributed by atoms with Gasteiger partial charge in [-0.15, -0.1) is 0 Å². The number of hydrogen-bond acceptors (Lipinski definition) is 6. The van der Waals surface area contributed by atoms with E-state index in [0.29, 0.717) is 6.42 Å². The number of rotatable bonds is 7. The molecule has 1 amide bonds. The second-order valence-electron chi connectivity index (χ2n) is 6.66. The monoisotopic (exact) mass is 404 g/mol. The molecule has 1 aromatic carbocycles. The summed E-state index contributed by atoms with van der Waals surface area (Å²) in [6, 6.07) is 10.9. The molecule has 150 valence electrons. The van der Waals surface area contributed by atoms with Gasteiger partial charge in [-0.1, -0.05) is 42.5 Å². The summed E-state index contributed by atoms with van der Waals surface area (Å²) in [6.07, 6.45) is 3.59. The second kappa shape index (κ2) is 8.91. The molecule has 0 unspecified atom stereocenters. The molecule has 0 spiro atoms. The van der Waals surface area contributed by atoms with Crippen LogP contribution in [0.25, 0.3) is 0 Å². The van der Waals surface area contributed by atoms with Crippen molar-refractivity contribution in [3.63, 3.8) is 0 Å². The Morgan fingerprint density at radius 1 is 1.25 bits per heavy atom. The summed E-state index contributed by atoms with van der Waals surface area (Å²) in [4.78, 5) is 14.1. The lowest BCUT2D eigenvalue weighted by Crippen LogP contribution is -2.46. The average molecular weight is 404 g/mol. The Morgan fingerprint density at radius 2 is 1.93 bits per heavy atom. The number of nitriles is 1. The van der Waals surface area contributed by atoms with E-state index in [9.17, 15) is 14.6 Å². The zero-order valence-corrected chi connectivity index (χ0v) is 17.0. The molecule has 0 bridgehead atoms. The average Bonchev–Trinajstić information content (AvgIpc) is 3.09. The molecule has 0 radical (unpaired) electrons. The summed E-state index contributed by atoms with van der Waals surface area (Å²) in [7, 11) is -3.51. The highest BCUT2D eigenvalue weighted by Crippen LogP contribution is 2.59. The Balaban J connectivity index is 1.95. The predicted octanol–water partition coefficient (Wildman–Crippen LogP) is 4.28. The van der Waals surface area contributed by atoms with E-state index in [0.717, 1.165) is 5.56 Å². The van der Waals surface area contributed by atoms with Crippen molar-refractivity contribution in [2.24, 2.45) is 5.92 Å². The van der Waals surface area contributed by atoms with Crippen molar-refractivity contribution < 1.29 is 23.1 Å². The van der Waals surface area contributed by atoms with Crippen molar-refractivity contribution in [1.82, 2.24) is 4.90 Å². The van der Waals surface area contributed by atoms with Crippen LogP contribution >= 0.6 is 7.60 Å². The van der Waals surface area contributed by atoms with Crippen LogP contribution in [0, 0.1) is 17.2 Å². The molecule has 0 N–H and O–H groups in total. The van der Waals surface area contributed by atoms with Gasteiger partial charge in [0.05, 0.1) is 42.9 Å². The first kappa shape index (κ1) is 20.6. The third-order valence-electron chi connectivity index (χ3n) is 5.08. The van der Waals surface area contributed by atoms with E-state index < -0.39 is 31.3 Å². The predicted molar refractivity (Wildman–Crippen MR) is 104 cm³/mol. The highest BCUT2D eigenvalue weighted by Gasteiger charge is 2.50. The van der Waals surface area contributed by atoms with Crippen molar-refractivity contribution in [2.45, 2.75) is 38.0 Å². The maximum Gasteiger partial charge on any atom is 0.411 e. The van der Waals surface area contributed by atoms with Crippen LogP contribution in [0.2, 0.25) is 0 Å². The summed E-state index contributed by atoms with van der Waals surface area (Å²) in [5.74, 6) is -0.731. The van der Waals surface area contributed by atoms with Crippen molar-refractivity contribution in [3.8, 4) is 6.07 Å². The fourth-order valence-electron chi connectivity index (χ4n) is 3.89. The number of carbonyl (C=O) groups is 1. The van der Waals surface area contributed by atoms with Crippen LogP contribution in [0.3, 0.4) is 0 Å². The summed E-state index contributed by atoms with van der Waals surface area (Å²) >= 11 is 0. The van der Waals surface area contributed by atoms with Gasteiger partial charge in [-0.25, -0.2) is 4.79 Å². The molecule has 0 saturated carbocycles. The van der Waals surface area contributed by atoms with E-state index in [1.54, 1.807) is 18.7 Å². The molecule has 28 heavy (non-hydrogen) atoms. The van der Waals surface area contributed by atoms with Gasteiger partial charge in [-0.3, -0.25) is 9.46 Å². The van der Waals surface area contributed by atoms with Crippen molar-refractivity contribution in [1.29, 1.82) is 5.26 Å². The number of benzene rings is 1. The molecule has 1 fully saturated rings. The normalized spacial score (nSPS) is 27.5. The highest BCUT2D eigenvalue weighted by molar-refractivity contribution is 7.54. The smallest absolute Gasteiger partial charge is 0.411 e. The molecule has 2 aliphatic rings. The summed E-state index contributed by atoms with van der Waals surface area (Å²) in [6.45, 7) is 4.14. The van der Waals surface area contributed by atoms with Gasteiger partial charge in [0, 0.05) is 0 Å². The number of allylic oxidation sites excluding steroid dienone is 1. The highest BCUT2D eigenvalue weighted by atomic mass is 31.2. The number of carbonyl (C=O) groups excluding carboxylic acids is 1. The van der Waals surface area contributed by atoms with Gasteiger partial charge in [-0.05, 0) is 25.8 Å². The second-order valence-corrected chi connectivity index (χ2v) is 8.92. The molecule has 1 aromatic rings. The third-order valence-corrected chi connectivity index (χ3v) is 7.66. The minimum absolute atomic E-state index is 0.213. The van der Waals surface area contributed by atoms with Crippen LogP contribution in [0.4, 0.5) is 4.79 Å². The standard InChI is InChI=1S/C20H25N2O5P/c1-3-26-28(24,27-4-2)19-12-8-11-17(16(19)13-21)22-18(14-25-20(22)23)15-9-6-5-7-10-15/h5-11,16-19H,3-4,12,14H2,1-2H3/t16-,17-,18+,19-/m1/s1. The molecular weight excluding hydrogens is 379 g/mol. The maximum atomic E-state index is 13.4. The quantitative estimate of drug-likeness (QED) is 0.498. The number of nitrogens with zero attached hydrogens (tertiary/aromatic N) is 2. The van der Waals surface area contributed by atoms with Crippen LogP contribution in [0.1, 0.15) is 31.9 Å². The number of hydrogen-bond donors (Lipinski definition) is 0. The van der Waals surface area contributed by atoms with Crippen LogP contribution in [0.15, 0.2) is 42.5 Å². The third kappa shape index (κ3) is 3.86. The van der Waals surface area contributed by atoms with Gasteiger partial charge in [-0.2, -0.15) is 5.26 Å². The number of cyclic esters (lactones) is 1. The molecule has 3 rings (SSSR count). The molecule has 1 aliphatic heterocycles. The maximum absolute atomic E-state index is 13.4. The van der Waals surface area contributed by atoms with Crippen molar-refractivity contribution in [2.75, 3.05) is 19.8 Å². The Morgan fingerprint density at radius 3 is 2.54 bits per heavy atom. The van der Waals surface area contributed by atoms with E-state index in [-0.39, 0.29) is 25.9 Å². The van der Waals surface area contributed by atoms with E-state index in [2.05, 4.69) is 6.07 Å². The summed E-state index contributed by atoms with van der Waals surface area (Å²) in [5.41, 5.74) is 0.288. The topological polar surface area (TPSA) is 88.9 Å². The molecule has 7 nitrogen and oxygen atoms in total. The molecule has 0 aromatic heterocycles. The Kier molecular flexibility index (Phi) is 6.56. The van der Waals surface area contributed by atoms with Crippen molar-refractivity contribution >= 4 is 13.7 Å². The minimum Gasteiger partial charge on any atom is -0.447 e. The molecule has 8 heteroatoms. The summed E-state index contributed by atoms with van der Waals surface area (Å²) in [5, 5.41) is 9.94. The van der Waals surface area contributed by atoms with Crippen LogP contribution in [0.5, 0.6) is 0 Å². The Hall–Kier alpha value is -2.13. The molecular formula is C20H25N2O5P. The first-order chi connectivity index (χ1) is 13.6. The van der Waals surface area contributed by atoms with Gasteiger partial charge < -0.3 is 13.8 Å². The fraction of sp³-hybridized carbons (Fsp3) is 0.500. The molecule has 1 aliphatic carbocycles. The summed E-state index contributed by atoms with van der Waals surface area (Å²) < 4.78 is 29.7. The van der Waals surface area contributed by atoms with E-state index in [4.69, 9.17) is 13.8 Å². The lowest BCUT2D eigenvalue weighted by molar-refractivity contribution is 0.138. The largest absolute Gasteiger partial charge is 0.447 e. The Bertz CT molecular complexity index is 797. The first-order valence-electron chi connectivity index (χ1n) is 9.50. The van der Waals surface area contributed by atoms with Gasteiger partial charge in [0.2, 0.25) is 0 Å². The lowest BCUT2D eigenvalue weighted by Gasteiger charge is -2.39. The Labute approximate surface area is 165 Å². The van der Waals surface area contributed by atoms with E-state index >= 15 is 0 Å². The minimum atomic E-state index is -3.51. The van der Waals surface area contributed by atoms with Gasteiger partial charge in [0.1, 0.15) is 6.61 Å². The zero-order chi connectivity index (χ0) is 20.1. The fourth-order valence-corrected chi connectivity index (χ4v) is 6.08. The number of ether oxygens (including phenoxy) is 1. The zero-order valence-electron chi connectivity index (χ0n) is 16.1. The van der Waals surface area contributed by atoms with Crippen molar-refractivity contribution in [3.05, 3.63) is 48.0 Å². The van der Waals surface area contributed by atoms with Gasteiger partial charge in [0.15, 0.2) is 0 Å². The lowest BCUT2D eigenvalue weighted by atomic mass is 9.88. The molecule has 1 saturated heterocycles. The van der Waals surface area contributed by atoms with Gasteiger partial charge >= 0.3 is 13.7 Å². The SMILES string of the molecule is CCOP(=O)(OCC)[C@@H]1CC=C[C@@H](N2C(=O)OC[C@H]2c2ccccc2)[C@H]1C#N. The van der Waals surface area contributed by atoms with E-state index in [1.165, 1.54) is 0 Å². The number of amides is 1. The van der Waals surface area contributed by atoms with E-state index in [1.807, 2.05) is 42.5 Å².